The van der Waals surface area contributed by atoms with Gasteiger partial charge in [-0.25, -0.2) is 19.2 Å². The van der Waals surface area contributed by atoms with E-state index in [1.165, 1.54) is 0 Å². The molecule has 6 rings (SSSR count). The van der Waals surface area contributed by atoms with E-state index in [0.717, 1.165) is 45.5 Å². The minimum absolute atomic E-state index is 0.172. The Bertz CT molecular complexity index is 1870. The fraction of sp³-hybridized carbons (Fsp3) is 0.406. The minimum Gasteiger partial charge on any atom is -0.465 e. The van der Waals surface area contributed by atoms with Gasteiger partial charge in [0, 0.05) is 44.6 Å². The molecule has 0 spiro atoms. The smallest absolute Gasteiger partial charge is 0.407 e. The van der Waals surface area contributed by atoms with Crippen LogP contribution in [0.4, 0.5) is 9.18 Å². The summed E-state index contributed by atoms with van der Waals surface area (Å²) in [6.07, 6.45) is 2.94. The molecule has 1 aliphatic rings. The van der Waals surface area contributed by atoms with Crippen molar-refractivity contribution in [1.82, 2.24) is 34.2 Å². The number of rotatable bonds is 9. The van der Waals surface area contributed by atoms with Gasteiger partial charge in [-0.2, -0.15) is 5.10 Å². The van der Waals surface area contributed by atoms with E-state index in [0.29, 0.717) is 41.4 Å². The molecule has 1 amide bonds. The summed E-state index contributed by atoms with van der Waals surface area (Å²) in [5, 5.41) is 13.6. The molecule has 45 heavy (non-hydrogen) atoms. The Morgan fingerprint density at radius 1 is 1.11 bits per heavy atom. The summed E-state index contributed by atoms with van der Waals surface area (Å²) in [7, 11) is -1.18. The first-order valence-electron chi connectivity index (χ1n) is 15.1. The second-order valence-electron chi connectivity index (χ2n) is 12.8. The van der Waals surface area contributed by atoms with Gasteiger partial charge in [-0.3, -0.25) is 9.67 Å². The number of hydrogen-bond acceptors (Lipinski definition) is 7. The Hall–Kier alpha value is -4.36. The first-order chi connectivity index (χ1) is 21.5. The molecule has 2 aromatic carbocycles. The molecular formula is C32H38FN7O4Si. The van der Waals surface area contributed by atoms with Crippen molar-refractivity contribution >= 4 is 36.2 Å². The highest BCUT2D eigenvalue weighted by atomic mass is 28.3. The normalized spacial score (nSPS) is 17.3. The van der Waals surface area contributed by atoms with Crippen molar-refractivity contribution in [3.8, 4) is 22.8 Å². The topological polar surface area (TPSA) is 120 Å². The second kappa shape index (κ2) is 12.2. The predicted octanol–water partition coefficient (Wildman–Crippen LogP) is 6.83. The fourth-order valence-electron chi connectivity index (χ4n) is 5.57. The Morgan fingerprint density at radius 3 is 2.67 bits per heavy atom. The number of fused-ring (bicyclic) bond motifs is 2. The maximum absolute atomic E-state index is 14.8. The van der Waals surface area contributed by atoms with E-state index in [-0.39, 0.29) is 13.1 Å². The third-order valence-electron chi connectivity index (χ3n) is 8.29. The van der Waals surface area contributed by atoms with Gasteiger partial charge in [0.05, 0.1) is 52.7 Å². The Morgan fingerprint density at radius 2 is 1.91 bits per heavy atom. The lowest BCUT2D eigenvalue weighted by molar-refractivity contribution is 0.0754. The number of aromatic nitrogens is 6. The summed E-state index contributed by atoms with van der Waals surface area (Å²) in [4.78, 5) is 26.5. The average molecular weight is 632 g/mol. The number of imidazole rings is 1. The van der Waals surface area contributed by atoms with Crippen molar-refractivity contribution in [2.45, 2.75) is 64.9 Å². The first-order valence-corrected chi connectivity index (χ1v) is 18.8. The standard InChI is InChI=1S/C32H38FN7O4Si/c1-20-30(44-23-6-7-25-29(14-23)39(21(2)36-25)19-43-12-13-45(3,4)5)9-8-26-31(20)37-27(16-34-26)22-15-35-40(17-22)28-10-11-38(32(41)42)18-24(28)33/h6-9,14-17,24,28H,10-13,18-19H2,1-5H3,(H,41,42). The quantitative estimate of drug-likeness (QED) is 0.139. The van der Waals surface area contributed by atoms with Crippen molar-refractivity contribution in [2.75, 3.05) is 19.7 Å². The van der Waals surface area contributed by atoms with E-state index in [2.05, 4.69) is 34.3 Å². The molecule has 11 nitrogen and oxygen atoms in total. The van der Waals surface area contributed by atoms with E-state index in [4.69, 9.17) is 19.4 Å². The van der Waals surface area contributed by atoms with Gasteiger partial charge in [0.2, 0.25) is 0 Å². The van der Waals surface area contributed by atoms with Crippen LogP contribution in [0.1, 0.15) is 23.9 Å². The Kier molecular flexibility index (Phi) is 8.31. The van der Waals surface area contributed by atoms with Crippen molar-refractivity contribution < 1.29 is 23.8 Å². The SMILES string of the molecule is Cc1c(Oc2ccc3nc(C)n(COCC[Si](C)(C)C)c3c2)ccc2ncc(-c3cnn(C4CCN(C(=O)O)CC4F)c3)nc12. The molecule has 1 fully saturated rings. The molecule has 1 aliphatic heterocycles. The molecule has 0 radical (unpaired) electrons. The molecule has 236 valence electrons. The van der Waals surface area contributed by atoms with Crippen molar-refractivity contribution in [3.05, 3.63) is 60.3 Å². The van der Waals surface area contributed by atoms with Gasteiger partial charge in [-0.15, -0.1) is 0 Å². The molecule has 0 saturated carbocycles. The van der Waals surface area contributed by atoms with Crippen LogP contribution in [0.3, 0.4) is 0 Å². The maximum Gasteiger partial charge on any atom is 0.407 e. The Balaban J connectivity index is 1.22. The van der Waals surface area contributed by atoms with Crippen LogP contribution in [-0.2, 0) is 11.5 Å². The van der Waals surface area contributed by atoms with Gasteiger partial charge in [-0.05, 0) is 50.6 Å². The van der Waals surface area contributed by atoms with E-state index in [9.17, 15) is 14.3 Å². The number of carboxylic acid groups (broad SMARTS) is 1. The monoisotopic (exact) mass is 631 g/mol. The molecule has 0 aliphatic carbocycles. The number of carbonyl (C=O) groups is 1. The van der Waals surface area contributed by atoms with Gasteiger partial charge in [0.1, 0.15) is 30.2 Å². The number of piperidine rings is 1. The van der Waals surface area contributed by atoms with Crippen molar-refractivity contribution in [1.29, 1.82) is 0 Å². The van der Waals surface area contributed by atoms with Gasteiger partial charge in [0.25, 0.3) is 0 Å². The number of alkyl halides is 1. The van der Waals surface area contributed by atoms with Crippen LogP contribution < -0.4 is 4.74 Å². The highest BCUT2D eigenvalue weighted by Gasteiger charge is 2.33. The molecule has 2 atom stereocenters. The summed E-state index contributed by atoms with van der Waals surface area (Å²) < 4.78 is 30.9. The average Bonchev–Trinajstić information content (AvgIpc) is 3.60. The van der Waals surface area contributed by atoms with E-state index in [1.807, 2.05) is 44.2 Å². The number of benzene rings is 2. The molecule has 1 N–H and O–H groups in total. The molecule has 3 aromatic heterocycles. The number of aryl methyl sites for hydroxylation is 2. The molecule has 5 aromatic rings. The lowest BCUT2D eigenvalue weighted by Crippen LogP contribution is -2.45. The summed E-state index contributed by atoms with van der Waals surface area (Å²) in [6.45, 7) is 12.2. The lowest BCUT2D eigenvalue weighted by atomic mass is 10.0. The van der Waals surface area contributed by atoms with Crippen LogP contribution >= 0.6 is 0 Å². The van der Waals surface area contributed by atoms with Crippen LogP contribution in [0.25, 0.3) is 33.3 Å². The van der Waals surface area contributed by atoms with Gasteiger partial charge in [0.15, 0.2) is 0 Å². The van der Waals surface area contributed by atoms with Crippen LogP contribution in [0, 0.1) is 13.8 Å². The fourth-order valence-corrected chi connectivity index (χ4v) is 6.33. The number of hydrogen-bond donors (Lipinski definition) is 1. The molecule has 1 saturated heterocycles. The van der Waals surface area contributed by atoms with Crippen molar-refractivity contribution in [3.63, 3.8) is 0 Å². The van der Waals surface area contributed by atoms with Gasteiger partial charge in [-0.1, -0.05) is 19.6 Å². The van der Waals surface area contributed by atoms with Crippen molar-refractivity contribution in [2.24, 2.45) is 0 Å². The zero-order chi connectivity index (χ0) is 31.9. The summed E-state index contributed by atoms with van der Waals surface area (Å²) >= 11 is 0. The highest BCUT2D eigenvalue weighted by Crippen LogP contribution is 2.33. The van der Waals surface area contributed by atoms with Crippen LogP contribution in [0.15, 0.2) is 48.9 Å². The van der Waals surface area contributed by atoms with E-state index < -0.39 is 26.4 Å². The summed E-state index contributed by atoms with van der Waals surface area (Å²) in [5.74, 6) is 2.22. The zero-order valence-electron chi connectivity index (χ0n) is 26.2. The van der Waals surface area contributed by atoms with E-state index in [1.54, 1.807) is 23.3 Å². The van der Waals surface area contributed by atoms with Gasteiger partial charge < -0.3 is 24.0 Å². The van der Waals surface area contributed by atoms with Crippen LogP contribution in [-0.4, -0.2) is 79.3 Å². The number of ether oxygens (including phenoxy) is 2. The highest BCUT2D eigenvalue weighted by molar-refractivity contribution is 6.76. The van der Waals surface area contributed by atoms with Crippen LogP contribution in [0.2, 0.25) is 25.7 Å². The number of halogens is 1. The molecule has 13 heteroatoms. The lowest BCUT2D eigenvalue weighted by Gasteiger charge is -2.32. The molecular weight excluding hydrogens is 593 g/mol. The number of nitrogens with zero attached hydrogens (tertiary/aromatic N) is 7. The summed E-state index contributed by atoms with van der Waals surface area (Å²) in [6, 6.07) is 10.2. The van der Waals surface area contributed by atoms with E-state index >= 15 is 0 Å². The number of amides is 1. The van der Waals surface area contributed by atoms with Crippen LogP contribution in [0.5, 0.6) is 11.5 Å². The summed E-state index contributed by atoms with van der Waals surface area (Å²) in [5.41, 5.74) is 5.37. The molecule has 2 unspecified atom stereocenters. The molecule has 4 heterocycles. The first kappa shape index (κ1) is 30.7. The Labute approximate surface area is 261 Å². The predicted molar refractivity (Wildman–Crippen MR) is 172 cm³/mol. The third kappa shape index (κ3) is 6.54. The largest absolute Gasteiger partial charge is 0.465 e. The third-order valence-corrected chi connectivity index (χ3v) is 9.99. The molecule has 0 bridgehead atoms. The van der Waals surface area contributed by atoms with Gasteiger partial charge >= 0.3 is 6.09 Å². The maximum atomic E-state index is 14.8. The minimum atomic E-state index is -1.35. The second-order valence-corrected chi connectivity index (χ2v) is 18.4. The number of likely N-dealkylation sites (tertiary alicyclic amines) is 1. The zero-order valence-corrected chi connectivity index (χ0v) is 27.2.